The van der Waals surface area contributed by atoms with Crippen LogP contribution in [0.4, 0.5) is 5.69 Å². The maximum absolute atomic E-state index is 6.19. The molecule has 0 aliphatic heterocycles. The van der Waals surface area contributed by atoms with Crippen molar-refractivity contribution in [3.8, 4) is 0 Å². The van der Waals surface area contributed by atoms with Gasteiger partial charge in [0.1, 0.15) is 0 Å². The van der Waals surface area contributed by atoms with E-state index in [0.29, 0.717) is 11.6 Å². The normalized spacial score (nSPS) is 10.3. The third-order valence-corrected chi connectivity index (χ3v) is 2.98. The first kappa shape index (κ1) is 12.9. The summed E-state index contributed by atoms with van der Waals surface area (Å²) in [6, 6.07) is 11.7. The van der Waals surface area contributed by atoms with Crippen LogP contribution in [0.5, 0.6) is 0 Å². The van der Waals surface area contributed by atoms with Crippen LogP contribution in [0, 0.1) is 0 Å². The summed E-state index contributed by atoms with van der Waals surface area (Å²) in [5, 5.41) is 0.619. The average molecular weight is 263 g/mol. The summed E-state index contributed by atoms with van der Waals surface area (Å²) >= 11 is 6.19. The Labute approximate surface area is 112 Å². The number of hydrogen-bond acceptors (Lipinski definition) is 3. The van der Waals surface area contributed by atoms with E-state index in [0.717, 1.165) is 23.4 Å². The van der Waals surface area contributed by atoms with E-state index >= 15 is 0 Å². The molecular weight excluding hydrogens is 248 g/mol. The number of pyridine rings is 1. The molecule has 2 aromatic rings. The fourth-order valence-electron chi connectivity index (χ4n) is 1.58. The molecule has 1 aromatic carbocycles. The Morgan fingerprint density at radius 1 is 1.22 bits per heavy atom. The van der Waals surface area contributed by atoms with E-state index in [4.69, 9.17) is 16.4 Å². The van der Waals surface area contributed by atoms with Gasteiger partial charge in [0.15, 0.2) is 0 Å². The van der Waals surface area contributed by atoms with Crippen LogP contribution < -0.4 is 5.48 Å². The van der Waals surface area contributed by atoms with E-state index < -0.39 is 0 Å². The number of nitrogens with zero attached hydrogens (tertiary/aromatic N) is 1. The van der Waals surface area contributed by atoms with Gasteiger partial charge in [0.25, 0.3) is 0 Å². The number of aryl methyl sites for hydroxylation is 1. The lowest BCUT2D eigenvalue weighted by Crippen LogP contribution is -2.03. The van der Waals surface area contributed by atoms with Crippen molar-refractivity contribution in [2.45, 2.75) is 20.0 Å². The summed E-state index contributed by atoms with van der Waals surface area (Å²) in [5.74, 6) is 0. The summed E-state index contributed by atoms with van der Waals surface area (Å²) in [4.78, 5) is 9.62. The number of nitrogens with one attached hydrogen (secondary N) is 1. The topological polar surface area (TPSA) is 34.2 Å². The number of aromatic nitrogens is 1. The highest BCUT2D eigenvalue weighted by atomic mass is 35.5. The Morgan fingerprint density at radius 3 is 2.72 bits per heavy atom. The minimum atomic E-state index is 0.487. The molecule has 0 radical (unpaired) electrons. The second-order valence-electron chi connectivity index (χ2n) is 3.85. The van der Waals surface area contributed by atoms with Gasteiger partial charge < -0.3 is 0 Å². The quantitative estimate of drug-likeness (QED) is 0.832. The van der Waals surface area contributed by atoms with E-state index in [2.05, 4.69) is 10.5 Å². The zero-order chi connectivity index (χ0) is 12.8. The van der Waals surface area contributed by atoms with Gasteiger partial charge in [-0.05, 0) is 18.1 Å². The third kappa shape index (κ3) is 3.22. The smallest absolute Gasteiger partial charge is 0.0996 e. The first-order chi connectivity index (χ1) is 8.81. The van der Waals surface area contributed by atoms with Crippen molar-refractivity contribution in [3.05, 3.63) is 58.9 Å². The third-order valence-electron chi connectivity index (χ3n) is 2.56. The number of rotatable bonds is 5. The fourth-order valence-corrected chi connectivity index (χ4v) is 1.87. The molecule has 0 aliphatic carbocycles. The minimum absolute atomic E-state index is 0.487. The first-order valence-corrected chi connectivity index (χ1v) is 6.24. The molecule has 94 valence electrons. The number of halogens is 1. The summed E-state index contributed by atoms with van der Waals surface area (Å²) < 4.78 is 0. The van der Waals surface area contributed by atoms with Crippen LogP contribution >= 0.6 is 11.6 Å². The van der Waals surface area contributed by atoms with Crippen LogP contribution in [-0.2, 0) is 17.9 Å². The van der Waals surface area contributed by atoms with E-state index in [1.165, 1.54) is 0 Å². The molecule has 0 spiro atoms. The Bertz CT molecular complexity index is 502. The van der Waals surface area contributed by atoms with Crippen LogP contribution in [-0.4, -0.2) is 4.98 Å². The molecular formula is C14H15ClN2O. The SMILES string of the molecule is CCc1nccc(NOCc2ccccc2)c1Cl. The Morgan fingerprint density at radius 2 is 2.00 bits per heavy atom. The largest absolute Gasteiger partial charge is 0.271 e. The van der Waals surface area contributed by atoms with Crippen LogP contribution in [0.15, 0.2) is 42.6 Å². The molecule has 0 unspecified atom stereocenters. The highest BCUT2D eigenvalue weighted by Gasteiger charge is 2.05. The zero-order valence-electron chi connectivity index (χ0n) is 10.2. The minimum Gasteiger partial charge on any atom is -0.271 e. The van der Waals surface area contributed by atoms with Gasteiger partial charge in [-0.25, -0.2) is 0 Å². The zero-order valence-corrected chi connectivity index (χ0v) is 10.9. The molecule has 1 aromatic heterocycles. The lowest BCUT2D eigenvalue weighted by Gasteiger charge is -2.10. The van der Waals surface area contributed by atoms with Gasteiger partial charge in [-0.2, -0.15) is 0 Å². The summed E-state index contributed by atoms with van der Waals surface area (Å²) in [6.45, 7) is 2.50. The summed E-state index contributed by atoms with van der Waals surface area (Å²) in [7, 11) is 0. The summed E-state index contributed by atoms with van der Waals surface area (Å²) in [6.07, 6.45) is 2.52. The van der Waals surface area contributed by atoms with Crippen molar-refractivity contribution in [2.75, 3.05) is 5.48 Å². The van der Waals surface area contributed by atoms with Gasteiger partial charge in [0.05, 0.1) is 23.0 Å². The van der Waals surface area contributed by atoms with E-state index in [1.807, 2.05) is 37.3 Å². The Balaban J connectivity index is 1.95. The monoisotopic (exact) mass is 262 g/mol. The molecule has 1 N–H and O–H groups in total. The number of benzene rings is 1. The fraction of sp³-hybridized carbons (Fsp3) is 0.214. The lowest BCUT2D eigenvalue weighted by molar-refractivity contribution is 0.180. The van der Waals surface area contributed by atoms with Gasteiger partial charge in [-0.15, -0.1) is 0 Å². The highest BCUT2D eigenvalue weighted by molar-refractivity contribution is 6.33. The van der Waals surface area contributed by atoms with Crippen LogP contribution in [0.2, 0.25) is 5.02 Å². The van der Waals surface area contributed by atoms with Crippen molar-refractivity contribution in [3.63, 3.8) is 0 Å². The van der Waals surface area contributed by atoms with Gasteiger partial charge in [-0.1, -0.05) is 48.9 Å². The Kier molecular flexibility index (Phi) is 4.56. The van der Waals surface area contributed by atoms with Crippen molar-refractivity contribution in [1.29, 1.82) is 0 Å². The molecule has 0 bridgehead atoms. The molecule has 0 saturated carbocycles. The molecule has 2 rings (SSSR count). The molecule has 0 saturated heterocycles. The van der Waals surface area contributed by atoms with Crippen molar-refractivity contribution in [1.82, 2.24) is 4.98 Å². The predicted molar refractivity (Wildman–Crippen MR) is 73.5 cm³/mol. The van der Waals surface area contributed by atoms with Gasteiger partial charge in [0, 0.05) is 6.20 Å². The van der Waals surface area contributed by atoms with E-state index in [1.54, 1.807) is 12.3 Å². The van der Waals surface area contributed by atoms with Gasteiger partial charge in [-0.3, -0.25) is 15.3 Å². The average Bonchev–Trinajstić information content (AvgIpc) is 2.42. The lowest BCUT2D eigenvalue weighted by atomic mass is 10.2. The van der Waals surface area contributed by atoms with Crippen molar-refractivity contribution >= 4 is 17.3 Å². The second kappa shape index (κ2) is 6.38. The second-order valence-corrected chi connectivity index (χ2v) is 4.23. The first-order valence-electron chi connectivity index (χ1n) is 5.86. The van der Waals surface area contributed by atoms with Crippen molar-refractivity contribution in [2.24, 2.45) is 0 Å². The molecule has 18 heavy (non-hydrogen) atoms. The molecule has 0 atom stereocenters. The maximum Gasteiger partial charge on any atom is 0.0996 e. The highest BCUT2D eigenvalue weighted by Crippen LogP contribution is 2.24. The summed E-state index contributed by atoms with van der Waals surface area (Å²) in [5.41, 5.74) is 5.58. The molecule has 1 heterocycles. The predicted octanol–water partition coefficient (Wildman–Crippen LogP) is 3.84. The molecule has 3 nitrogen and oxygen atoms in total. The van der Waals surface area contributed by atoms with Gasteiger partial charge in [0.2, 0.25) is 0 Å². The maximum atomic E-state index is 6.19. The molecule has 0 aliphatic rings. The standard InChI is InChI=1S/C14H15ClN2O/c1-2-12-14(15)13(8-9-16-12)17-18-10-11-6-4-3-5-7-11/h3-9H,2,10H2,1H3,(H,16,17). The number of anilines is 1. The van der Waals surface area contributed by atoms with Crippen LogP contribution in [0.1, 0.15) is 18.2 Å². The molecule has 4 heteroatoms. The van der Waals surface area contributed by atoms with Crippen molar-refractivity contribution < 1.29 is 4.84 Å². The van der Waals surface area contributed by atoms with Crippen LogP contribution in [0.25, 0.3) is 0 Å². The van der Waals surface area contributed by atoms with Crippen LogP contribution in [0.3, 0.4) is 0 Å². The van der Waals surface area contributed by atoms with Gasteiger partial charge >= 0.3 is 0 Å². The molecule has 0 amide bonds. The Hall–Kier alpha value is -1.58. The molecule has 0 fully saturated rings. The van der Waals surface area contributed by atoms with E-state index in [9.17, 15) is 0 Å². The number of hydrogen-bond donors (Lipinski definition) is 1. The van der Waals surface area contributed by atoms with E-state index in [-0.39, 0.29) is 0 Å².